The second kappa shape index (κ2) is 9.60. The topological polar surface area (TPSA) is 83.9 Å². The van der Waals surface area contributed by atoms with Gasteiger partial charge in [-0.15, -0.1) is 0 Å². The summed E-state index contributed by atoms with van der Waals surface area (Å²) < 4.78 is 11.4. The number of pyridine rings is 1. The number of nitrogens with one attached hydrogen (secondary N) is 1. The first-order valence-corrected chi connectivity index (χ1v) is 13.1. The molecule has 5 rings (SSSR count). The molecule has 4 heterocycles. The van der Waals surface area contributed by atoms with Gasteiger partial charge in [-0.2, -0.15) is 0 Å². The van der Waals surface area contributed by atoms with E-state index in [0.717, 1.165) is 60.1 Å². The minimum absolute atomic E-state index is 0.0412. The number of amides is 1. The molecule has 1 amide bonds. The van der Waals surface area contributed by atoms with Gasteiger partial charge in [0.2, 0.25) is 5.91 Å². The third-order valence-electron chi connectivity index (χ3n) is 8.27. The van der Waals surface area contributed by atoms with Crippen molar-refractivity contribution in [3.8, 4) is 0 Å². The number of likely N-dealkylation sites (tertiary alicyclic amines) is 1. The number of benzene rings is 1. The van der Waals surface area contributed by atoms with Crippen LogP contribution in [0.3, 0.4) is 0 Å². The lowest BCUT2D eigenvalue weighted by Gasteiger charge is -2.43. The predicted octanol–water partition coefficient (Wildman–Crippen LogP) is 4.36. The third-order valence-corrected chi connectivity index (χ3v) is 8.60. The van der Waals surface area contributed by atoms with E-state index in [9.17, 15) is 9.90 Å². The van der Waals surface area contributed by atoms with Crippen LogP contribution in [0.15, 0.2) is 24.4 Å². The van der Waals surface area contributed by atoms with Crippen LogP contribution in [0.4, 0.5) is 5.82 Å². The Hall–Kier alpha value is -1.77. The fourth-order valence-electron chi connectivity index (χ4n) is 5.66. The molecule has 3 fully saturated rings. The molecule has 3 atom stereocenters. The highest BCUT2D eigenvalue weighted by Crippen LogP contribution is 2.38. The summed E-state index contributed by atoms with van der Waals surface area (Å²) in [6, 6.07) is 6.06. The largest absolute Gasteiger partial charge is 0.389 e. The van der Waals surface area contributed by atoms with E-state index in [2.05, 4.69) is 42.0 Å². The molecule has 1 aromatic heterocycles. The molecule has 3 aliphatic heterocycles. The van der Waals surface area contributed by atoms with E-state index in [0.29, 0.717) is 31.6 Å². The van der Waals surface area contributed by atoms with E-state index >= 15 is 0 Å². The molecule has 0 radical (unpaired) electrons. The quantitative estimate of drug-likeness (QED) is 0.647. The zero-order chi connectivity index (χ0) is 24.8. The van der Waals surface area contributed by atoms with E-state index in [1.165, 1.54) is 0 Å². The summed E-state index contributed by atoms with van der Waals surface area (Å²) in [5.74, 6) is 0.705. The standard InChI is InChI=1S/C27H36ClN3O4/c1-26(2)7-4-18(14-35-26)25(33)30-24-12-19-10-21(22(28)11-20(19)13-29-24)17-5-8-31(9-6-17)27(3)16-34-15-23(27)32/h10-13,17-18,23,32H,4-9,14-16H2,1-3H3,(H,29,30,33)/t18-,23+,27-/m1/s1. The van der Waals surface area contributed by atoms with Gasteiger partial charge in [-0.25, -0.2) is 4.98 Å². The van der Waals surface area contributed by atoms with Gasteiger partial charge in [-0.3, -0.25) is 9.69 Å². The van der Waals surface area contributed by atoms with Crippen LogP contribution < -0.4 is 5.32 Å². The Morgan fingerprint density at radius 2 is 1.91 bits per heavy atom. The highest BCUT2D eigenvalue weighted by molar-refractivity contribution is 6.32. The number of anilines is 1. The Labute approximate surface area is 212 Å². The first-order chi connectivity index (χ1) is 16.6. The summed E-state index contributed by atoms with van der Waals surface area (Å²) >= 11 is 6.71. The minimum atomic E-state index is -0.448. The number of hydrogen-bond acceptors (Lipinski definition) is 6. The summed E-state index contributed by atoms with van der Waals surface area (Å²) in [6.07, 6.45) is 4.94. The molecule has 0 spiro atoms. The zero-order valence-electron chi connectivity index (χ0n) is 20.8. The average Bonchev–Trinajstić information content (AvgIpc) is 3.18. The number of nitrogens with zero attached hydrogens (tertiary/aromatic N) is 2. The summed E-state index contributed by atoms with van der Waals surface area (Å²) in [7, 11) is 0. The number of halogens is 1. The lowest BCUT2D eigenvalue weighted by Crippen LogP contribution is -2.56. The first kappa shape index (κ1) is 24.9. The number of hydrogen-bond donors (Lipinski definition) is 2. The number of aliphatic hydroxyl groups excluding tert-OH is 1. The van der Waals surface area contributed by atoms with Crippen molar-refractivity contribution in [1.29, 1.82) is 0 Å². The highest BCUT2D eigenvalue weighted by atomic mass is 35.5. The van der Waals surface area contributed by atoms with Crippen LogP contribution in [-0.4, -0.2) is 71.1 Å². The fourth-order valence-corrected chi connectivity index (χ4v) is 5.99. The number of fused-ring (bicyclic) bond motifs is 1. The molecule has 2 N–H and O–H groups in total. The second-order valence-corrected chi connectivity index (χ2v) is 11.6. The van der Waals surface area contributed by atoms with Crippen LogP contribution in [0.25, 0.3) is 10.8 Å². The van der Waals surface area contributed by atoms with Crippen LogP contribution >= 0.6 is 11.6 Å². The molecule has 2 aromatic rings. The Kier molecular flexibility index (Phi) is 6.83. The average molecular weight is 502 g/mol. The van der Waals surface area contributed by atoms with Crippen LogP contribution in [0.1, 0.15) is 57.9 Å². The summed E-state index contributed by atoms with van der Waals surface area (Å²) in [6.45, 7) is 9.43. The second-order valence-electron chi connectivity index (χ2n) is 11.2. The summed E-state index contributed by atoms with van der Waals surface area (Å²) in [5, 5.41) is 16.1. The van der Waals surface area contributed by atoms with Gasteiger partial charge in [-0.05, 0) is 94.6 Å². The lowest BCUT2D eigenvalue weighted by molar-refractivity contribution is -0.131. The molecule has 35 heavy (non-hydrogen) atoms. The number of ether oxygens (including phenoxy) is 2. The number of carbonyl (C=O) groups excluding carboxylic acids is 1. The number of piperidine rings is 1. The van der Waals surface area contributed by atoms with Crippen molar-refractivity contribution in [1.82, 2.24) is 9.88 Å². The van der Waals surface area contributed by atoms with Crippen LogP contribution in [0.5, 0.6) is 0 Å². The maximum Gasteiger partial charge on any atom is 0.230 e. The molecular weight excluding hydrogens is 466 g/mol. The predicted molar refractivity (Wildman–Crippen MR) is 137 cm³/mol. The molecule has 0 saturated carbocycles. The van der Waals surface area contributed by atoms with E-state index in [-0.39, 0.29) is 23.0 Å². The van der Waals surface area contributed by atoms with Gasteiger partial charge >= 0.3 is 0 Å². The van der Waals surface area contributed by atoms with Gasteiger partial charge in [0.25, 0.3) is 0 Å². The van der Waals surface area contributed by atoms with Crippen LogP contribution in [-0.2, 0) is 14.3 Å². The fraction of sp³-hybridized carbons (Fsp3) is 0.630. The van der Waals surface area contributed by atoms with E-state index < -0.39 is 6.10 Å². The monoisotopic (exact) mass is 501 g/mol. The van der Waals surface area contributed by atoms with E-state index in [1.54, 1.807) is 6.20 Å². The summed E-state index contributed by atoms with van der Waals surface area (Å²) in [5.41, 5.74) is 0.668. The zero-order valence-corrected chi connectivity index (χ0v) is 21.6. The normalized spacial score (nSPS) is 30.0. The SMILES string of the molecule is CC1(C)CC[C@@H](C(=O)Nc2cc3cc(C4CCN([C@]5(C)COC[C@@H]5O)CC4)c(Cl)cc3cn2)CO1. The number of aliphatic hydroxyl groups is 1. The first-order valence-electron chi connectivity index (χ1n) is 12.7. The number of rotatable bonds is 4. The molecule has 0 bridgehead atoms. The molecule has 3 aliphatic rings. The van der Waals surface area contributed by atoms with E-state index in [4.69, 9.17) is 21.1 Å². The van der Waals surface area contributed by atoms with Gasteiger partial charge in [0.05, 0.1) is 43.0 Å². The Bertz CT molecular complexity index is 1090. The van der Waals surface area contributed by atoms with Crippen molar-refractivity contribution in [3.05, 3.63) is 35.0 Å². The molecule has 190 valence electrons. The van der Waals surface area contributed by atoms with E-state index in [1.807, 2.05) is 12.1 Å². The smallest absolute Gasteiger partial charge is 0.230 e. The molecule has 0 aliphatic carbocycles. The van der Waals surface area contributed by atoms with Crippen LogP contribution in [0, 0.1) is 5.92 Å². The minimum Gasteiger partial charge on any atom is -0.389 e. The number of carbonyl (C=O) groups is 1. The van der Waals surface area contributed by atoms with Crippen molar-refractivity contribution in [2.75, 3.05) is 38.2 Å². The third kappa shape index (κ3) is 5.07. The Morgan fingerprint density at radius 3 is 2.57 bits per heavy atom. The molecule has 7 nitrogen and oxygen atoms in total. The van der Waals surface area contributed by atoms with Gasteiger partial charge in [0.1, 0.15) is 5.82 Å². The number of aromatic nitrogens is 1. The van der Waals surface area contributed by atoms with Crippen molar-refractivity contribution in [3.63, 3.8) is 0 Å². The van der Waals surface area contributed by atoms with Gasteiger partial charge < -0.3 is 19.9 Å². The van der Waals surface area contributed by atoms with Crippen molar-refractivity contribution >= 4 is 34.1 Å². The maximum absolute atomic E-state index is 12.8. The van der Waals surface area contributed by atoms with Gasteiger partial charge in [0, 0.05) is 16.6 Å². The van der Waals surface area contributed by atoms with Gasteiger partial charge in [0.15, 0.2) is 0 Å². The maximum atomic E-state index is 12.8. The Morgan fingerprint density at radius 1 is 1.14 bits per heavy atom. The summed E-state index contributed by atoms with van der Waals surface area (Å²) in [4.78, 5) is 19.6. The Balaban J connectivity index is 1.28. The van der Waals surface area contributed by atoms with Crippen molar-refractivity contribution in [2.24, 2.45) is 5.92 Å². The van der Waals surface area contributed by atoms with Gasteiger partial charge in [-0.1, -0.05) is 11.6 Å². The lowest BCUT2D eigenvalue weighted by atomic mass is 9.85. The van der Waals surface area contributed by atoms with Crippen LogP contribution in [0.2, 0.25) is 5.02 Å². The molecule has 0 unspecified atom stereocenters. The van der Waals surface area contributed by atoms with Crippen molar-refractivity contribution < 1.29 is 19.4 Å². The molecule has 8 heteroatoms. The molecule has 3 saturated heterocycles. The van der Waals surface area contributed by atoms with Crippen molar-refractivity contribution in [2.45, 2.75) is 69.6 Å². The highest BCUT2D eigenvalue weighted by Gasteiger charge is 2.45. The molecule has 1 aromatic carbocycles. The molecular formula is C27H36ClN3O4.